The Bertz CT molecular complexity index is 390. The van der Waals surface area contributed by atoms with Gasteiger partial charge in [-0.25, -0.2) is 0 Å². The number of nitrogens with zero attached hydrogens (tertiary/aromatic N) is 1. The van der Waals surface area contributed by atoms with Crippen LogP contribution in [0.5, 0.6) is 0 Å². The molecule has 0 aliphatic carbocycles. The van der Waals surface area contributed by atoms with E-state index < -0.39 is 5.60 Å². The number of benzene rings is 1. The Kier molecular flexibility index (Phi) is 5.39. The van der Waals surface area contributed by atoms with Gasteiger partial charge in [0.2, 0.25) is 0 Å². The van der Waals surface area contributed by atoms with E-state index in [4.69, 9.17) is 4.74 Å². The summed E-state index contributed by atoms with van der Waals surface area (Å²) in [7, 11) is 0. The van der Waals surface area contributed by atoms with Gasteiger partial charge in [-0.15, -0.1) is 0 Å². The summed E-state index contributed by atoms with van der Waals surface area (Å²) in [6.07, 6.45) is 1.50. The van der Waals surface area contributed by atoms with Gasteiger partial charge in [-0.05, 0) is 30.5 Å². The van der Waals surface area contributed by atoms with E-state index in [0.29, 0.717) is 0 Å². The quantitative estimate of drug-likeness (QED) is 0.902. The van der Waals surface area contributed by atoms with Gasteiger partial charge in [0, 0.05) is 24.1 Å². The predicted molar refractivity (Wildman–Crippen MR) is 80.2 cm³/mol. The van der Waals surface area contributed by atoms with E-state index in [1.165, 1.54) is 0 Å². The number of morpholine rings is 1. The van der Waals surface area contributed by atoms with Crippen LogP contribution in [0.25, 0.3) is 0 Å². The molecule has 1 aliphatic rings. The monoisotopic (exact) mass is 327 g/mol. The number of ether oxygens (including phenoxy) is 1. The maximum atomic E-state index is 10.8. The van der Waals surface area contributed by atoms with Gasteiger partial charge in [0.1, 0.15) is 0 Å². The minimum absolute atomic E-state index is 0.723. The topological polar surface area (TPSA) is 32.7 Å². The summed E-state index contributed by atoms with van der Waals surface area (Å²) >= 11 is 3.43. The van der Waals surface area contributed by atoms with E-state index in [2.05, 4.69) is 20.8 Å². The second-order valence-electron chi connectivity index (χ2n) is 5.10. The summed E-state index contributed by atoms with van der Waals surface area (Å²) in [5, 5.41) is 10.8. The van der Waals surface area contributed by atoms with Gasteiger partial charge in [-0.3, -0.25) is 4.90 Å². The molecule has 1 heterocycles. The largest absolute Gasteiger partial charge is 0.385 e. The van der Waals surface area contributed by atoms with Crippen LogP contribution in [0.15, 0.2) is 28.7 Å². The molecule has 0 spiro atoms. The van der Waals surface area contributed by atoms with Crippen molar-refractivity contribution < 1.29 is 9.84 Å². The molecule has 0 bridgehead atoms. The van der Waals surface area contributed by atoms with Crippen molar-refractivity contribution in [3.05, 3.63) is 34.3 Å². The first-order chi connectivity index (χ1) is 9.14. The number of hydrogen-bond donors (Lipinski definition) is 1. The summed E-state index contributed by atoms with van der Waals surface area (Å²) in [6, 6.07) is 8.00. The zero-order valence-corrected chi connectivity index (χ0v) is 13.0. The van der Waals surface area contributed by atoms with Crippen LogP contribution < -0.4 is 0 Å². The minimum Gasteiger partial charge on any atom is -0.385 e. The van der Waals surface area contributed by atoms with Gasteiger partial charge in [0.25, 0.3) is 0 Å². The van der Waals surface area contributed by atoms with Crippen LogP contribution in [0.2, 0.25) is 0 Å². The third-order valence-corrected chi connectivity index (χ3v) is 4.44. The fourth-order valence-corrected chi connectivity index (χ4v) is 2.72. The van der Waals surface area contributed by atoms with Gasteiger partial charge in [-0.2, -0.15) is 0 Å². The summed E-state index contributed by atoms with van der Waals surface area (Å²) in [4.78, 5) is 2.36. The molecule has 1 unspecified atom stereocenters. The fourth-order valence-electron chi connectivity index (χ4n) is 2.45. The standard InChI is InChI=1S/C15H22BrNO2/c1-2-15(18,13-3-5-14(16)6-4-13)7-8-17-9-11-19-12-10-17/h3-6,18H,2,7-12H2,1H3. The normalized spacial score (nSPS) is 20.2. The van der Waals surface area contributed by atoms with Crippen molar-refractivity contribution in [3.8, 4) is 0 Å². The van der Waals surface area contributed by atoms with Crippen LogP contribution in [0.1, 0.15) is 25.3 Å². The van der Waals surface area contributed by atoms with Crippen molar-refractivity contribution in [1.29, 1.82) is 0 Å². The van der Waals surface area contributed by atoms with Gasteiger partial charge in [0.05, 0.1) is 18.8 Å². The van der Waals surface area contributed by atoms with E-state index in [9.17, 15) is 5.11 Å². The van der Waals surface area contributed by atoms with Crippen molar-refractivity contribution in [3.63, 3.8) is 0 Å². The second kappa shape index (κ2) is 6.84. The van der Waals surface area contributed by atoms with Crippen LogP contribution >= 0.6 is 15.9 Å². The molecule has 0 amide bonds. The average Bonchev–Trinajstić information content (AvgIpc) is 2.46. The minimum atomic E-state index is -0.723. The first-order valence-corrected chi connectivity index (χ1v) is 7.72. The molecule has 1 aliphatic heterocycles. The van der Waals surface area contributed by atoms with E-state index in [-0.39, 0.29) is 0 Å². The smallest absolute Gasteiger partial charge is 0.0906 e. The van der Waals surface area contributed by atoms with E-state index >= 15 is 0 Å². The lowest BCUT2D eigenvalue weighted by molar-refractivity contribution is -0.00693. The summed E-state index contributed by atoms with van der Waals surface area (Å²) in [5.41, 5.74) is 0.283. The van der Waals surface area contributed by atoms with Crippen molar-refractivity contribution in [2.45, 2.75) is 25.4 Å². The lowest BCUT2D eigenvalue weighted by atomic mass is 9.88. The molecule has 19 heavy (non-hydrogen) atoms. The fraction of sp³-hybridized carbons (Fsp3) is 0.600. The lowest BCUT2D eigenvalue weighted by Gasteiger charge is -2.32. The Hall–Kier alpha value is -0.420. The van der Waals surface area contributed by atoms with Crippen LogP contribution in [0.4, 0.5) is 0 Å². The molecule has 1 saturated heterocycles. The Balaban J connectivity index is 1.98. The van der Waals surface area contributed by atoms with Gasteiger partial charge in [-0.1, -0.05) is 35.0 Å². The molecule has 1 fully saturated rings. The highest BCUT2D eigenvalue weighted by Crippen LogP contribution is 2.30. The van der Waals surface area contributed by atoms with Crippen LogP contribution in [-0.2, 0) is 10.3 Å². The summed E-state index contributed by atoms with van der Waals surface area (Å²) in [5.74, 6) is 0. The molecular weight excluding hydrogens is 306 g/mol. The van der Waals surface area contributed by atoms with Crippen molar-refractivity contribution >= 4 is 15.9 Å². The number of aliphatic hydroxyl groups is 1. The average molecular weight is 328 g/mol. The van der Waals surface area contributed by atoms with Crippen LogP contribution in [-0.4, -0.2) is 42.9 Å². The lowest BCUT2D eigenvalue weighted by Crippen LogP contribution is -2.39. The molecule has 0 radical (unpaired) electrons. The number of halogens is 1. The van der Waals surface area contributed by atoms with Gasteiger partial charge in [0.15, 0.2) is 0 Å². The van der Waals surface area contributed by atoms with E-state index in [1.54, 1.807) is 0 Å². The third-order valence-electron chi connectivity index (χ3n) is 3.91. The molecule has 1 aromatic rings. The zero-order chi connectivity index (χ0) is 13.7. The van der Waals surface area contributed by atoms with Crippen LogP contribution in [0, 0.1) is 0 Å². The maximum absolute atomic E-state index is 10.8. The molecule has 1 atom stereocenters. The van der Waals surface area contributed by atoms with E-state index in [0.717, 1.165) is 55.7 Å². The summed E-state index contributed by atoms with van der Waals surface area (Å²) < 4.78 is 6.39. The first-order valence-electron chi connectivity index (χ1n) is 6.92. The first kappa shape index (κ1) is 15.0. The Morgan fingerprint density at radius 2 is 1.89 bits per heavy atom. The maximum Gasteiger partial charge on any atom is 0.0906 e. The predicted octanol–water partition coefficient (Wildman–Crippen LogP) is 2.77. The molecule has 0 saturated carbocycles. The highest BCUT2D eigenvalue weighted by molar-refractivity contribution is 9.10. The zero-order valence-electron chi connectivity index (χ0n) is 11.4. The molecule has 2 rings (SSSR count). The highest BCUT2D eigenvalue weighted by Gasteiger charge is 2.27. The number of hydrogen-bond acceptors (Lipinski definition) is 3. The molecule has 106 valence electrons. The SMILES string of the molecule is CCC(O)(CCN1CCOCC1)c1ccc(Br)cc1. The third kappa shape index (κ3) is 4.02. The van der Waals surface area contributed by atoms with Crippen molar-refractivity contribution in [2.75, 3.05) is 32.8 Å². The second-order valence-corrected chi connectivity index (χ2v) is 6.01. The van der Waals surface area contributed by atoms with Crippen molar-refractivity contribution in [2.24, 2.45) is 0 Å². The molecular formula is C15H22BrNO2. The highest BCUT2D eigenvalue weighted by atomic mass is 79.9. The van der Waals surface area contributed by atoms with Gasteiger partial charge < -0.3 is 9.84 Å². The summed E-state index contributed by atoms with van der Waals surface area (Å²) in [6.45, 7) is 6.52. The van der Waals surface area contributed by atoms with Crippen molar-refractivity contribution in [1.82, 2.24) is 4.90 Å². The molecule has 1 N–H and O–H groups in total. The van der Waals surface area contributed by atoms with Crippen LogP contribution in [0.3, 0.4) is 0 Å². The number of rotatable bonds is 5. The van der Waals surface area contributed by atoms with Gasteiger partial charge >= 0.3 is 0 Å². The molecule has 4 heteroatoms. The molecule has 1 aromatic carbocycles. The Labute approximate surface area is 123 Å². The Morgan fingerprint density at radius 3 is 2.47 bits per heavy atom. The molecule has 0 aromatic heterocycles. The molecule has 3 nitrogen and oxygen atoms in total. The van der Waals surface area contributed by atoms with E-state index in [1.807, 2.05) is 31.2 Å². The Morgan fingerprint density at radius 1 is 1.26 bits per heavy atom.